The number of hydrogen-bond acceptors (Lipinski definition) is 4. The minimum Gasteiger partial charge on any atom is -0.464 e. The largest absolute Gasteiger partial charge is 0.464 e. The van der Waals surface area contributed by atoms with Crippen LogP contribution in [0.5, 0.6) is 0 Å². The summed E-state index contributed by atoms with van der Waals surface area (Å²) in [6.45, 7) is 0. The molecule has 0 saturated carbocycles. The van der Waals surface area contributed by atoms with Crippen LogP contribution < -0.4 is 5.43 Å². The quantitative estimate of drug-likeness (QED) is 0.619. The van der Waals surface area contributed by atoms with Crippen molar-refractivity contribution in [2.75, 3.05) is 7.11 Å². The number of hydrazone groups is 1. The normalized spacial score (nSPS) is 22.2. The summed E-state index contributed by atoms with van der Waals surface area (Å²) in [4.78, 5) is 10.7. The second kappa shape index (κ2) is 3.23. The predicted octanol–water partition coefficient (Wildman–Crippen LogP) is 0.440. The van der Waals surface area contributed by atoms with Crippen LogP contribution in [0.1, 0.15) is 6.42 Å². The Bertz CT molecular complexity index is 249. The van der Waals surface area contributed by atoms with E-state index < -0.39 is 24.6 Å². The van der Waals surface area contributed by atoms with Gasteiger partial charge < -0.3 is 4.74 Å². The van der Waals surface area contributed by atoms with E-state index in [1.165, 1.54) is 0 Å². The van der Waals surface area contributed by atoms with Crippen LogP contribution in [0.4, 0.5) is 13.2 Å². The fourth-order valence-corrected chi connectivity index (χ4v) is 0.876. The smallest absolute Gasteiger partial charge is 0.410 e. The van der Waals surface area contributed by atoms with E-state index in [4.69, 9.17) is 0 Å². The zero-order chi connectivity index (χ0) is 10.1. The second-order valence-electron chi connectivity index (χ2n) is 2.48. The first-order chi connectivity index (χ1) is 5.95. The maximum absolute atomic E-state index is 12.0. The lowest BCUT2D eigenvalue weighted by molar-refractivity contribution is -0.152. The molecule has 13 heavy (non-hydrogen) atoms. The third kappa shape index (κ3) is 2.10. The molecule has 1 heterocycles. The molecule has 0 unspecified atom stereocenters. The molecular formula is C6H7F3N2O2. The van der Waals surface area contributed by atoms with Crippen LogP contribution in [0.3, 0.4) is 0 Å². The standard InChI is InChI=1S/C6H7F3N2O2/c1-13-5(12)3-2-4(11-10-3)6(7,8)9/h4,11H,2H2,1H3/t4-/m0/s1. The fraction of sp³-hybridized carbons (Fsp3) is 0.667. The van der Waals surface area contributed by atoms with E-state index in [-0.39, 0.29) is 5.71 Å². The zero-order valence-electron chi connectivity index (χ0n) is 6.68. The fourth-order valence-electron chi connectivity index (χ4n) is 0.876. The van der Waals surface area contributed by atoms with Gasteiger partial charge in [-0.2, -0.15) is 18.3 Å². The molecule has 7 heteroatoms. The summed E-state index contributed by atoms with van der Waals surface area (Å²) >= 11 is 0. The van der Waals surface area contributed by atoms with Crippen molar-refractivity contribution in [1.29, 1.82) is 0 Å². The van der Waals surface area contributed by atoms with Gasteiger partial charge in [0.05, 0.1) is 7.11 Å². The molecule has 4 nitrogen and oxygen atoms in total. The highest BCUT2D eigenvalue weighted by atomic mass is 19.4. The molecule has 1 aliphatic heterocycles. The molecule has 0 amide bonds. The molecule has 1 atom stereocenters. The Labute approximate surface area is 71.7 Å². The second-order valence-corrected chi connectivity index (χ2v) is 2.48. The Kier molecular flexibility index (Phi) is 2.44. The first-order valence-corrected chi connectivity index (χ1v) is 3.42. The van der Waals surface area contributed by atoms with Crippen LogP contribution in [0.15, 0.2) is 5.10 Å². The van der Waals surface area contributed by atoms with Gasteiger partial charge in [0.2, 0.25) is 0 Å². The van der Waals surface area contributed by atoms with Gasteiger partial charge in [-0.1, -0.05) is 0 Å². The van der Waals surface area contributed by atoms with E-state index in [2.05, 4.69) is 9.84 Å². The molecule has 0 fully saturated rings. The SMILES string of the molecule is COC(=O)C1=NN[C@H](C(F)(F)F)C1. The van der Waals surface area contributed by atoms with Crippen LogP contribution in [0, 0.1) is 0 Å². The summed E-state index contributed by atoms with van der Waals surface area (Å²) in [6.07, 6.45) is -4.87. The molecule has 74 valence electrons. The number of ether oxygens (including phenoxy) is 1. The van der Waals surface area contributed by atoms with Crippen LogP contribution in [0.25, 0.3) is 0 Å². The van der Waals surface area contributed by atoms with Crippen molar-refractivity contribution in [3.8, 4) is 0 Å². The molecule has 1 rings (SSSR count). The van der Waals surface area contributed by atoms with E-state index in [9.17, 15) is 18.0 Å². The monoisotopic (exact) mass is 196 g/mol. The number of nitrogens with zero attached hydrogens (tertiary/aromatic N) is 1. The Morgan fingerprint density at radius 1 is 1.69 bits per heavy atom. The number of alkyl halides is 3. The van der Waals surface area contributed by atoms with Gasteiger partial charge in [-0.25, -0.2) is 4.79 Å². The maximum atomic E-state index is 12.0. The average Bonchev–Trinajstić information content (AvgIpc) is 2.50. The van der Waals surface area contributed by atoms with Crippen LogP contribution in [0.2, 0.25) is 0 Å². The van der Waals surface area contributed by atoms with Gasteiger partial charge >= 0.3 is 12.1 Å². The van der Waals surface area contributed by atoms with Crippen molar-refractivity contribution in [3.63, 3.8) is 0 Å². The van der Waals surface area contributed by atoms with E-state index in [0.717, 1.165) is 7.11 Å². The van der Waals surface area contributed by atoms with Crippen molar-refractivity contribution in [3.05, 3.63) is 0 Å². The minimum atomic E-state index is -4.39. The van der Waals surface area contributed by atoms with E-state index >= 15 is 0 Å². The Morgan fingerprint density at radius 3 is 2.69 bits per heavy atom. The van der Waals surface area contributed by atoms with Crippen molar-refractivity contribution in [1.82, 2.24) is 5.43 Å². The van der Waals surface area contributed by atoms with Crippen LogP contribution in [-0.4, -0.2) is 31.0 Å². The third-order valence-electron chi connectivity index (χ3n) is 1.57. The Balaban J connectivity index is 2.57. The Hall–Kier alpha value is -1.27. The molecule has 0 aromatic heterocycles. The summed E-state index contributed by atoms with van der Waals surface area (Å²) in [6, 6.07) is -1.78. The summed E-state index contributed by atoms with van der Waals surface area (Å²) in [5.74, 6) is -0.834. The van der Waals surface area contributed by atoms with Gasteiger partial charge in [0, 0.05) is 6.42 Å². The Morgan fingerprint density at radius 2 is 2.31 bits per heavy atom. The molecule has 1 aliphatic rings. The van der Waals surface area contributed by atoms with Gasteiger partial charge in [-0.15, -0.1) is 0 Å². The number of nitrogens with one attached hydrogen (secondary N) is 1. The highest BCUT2D eigenvalue weighted by Gasteiger charge is 2.44. The van der Waals surface area contributed by atoms with Crippen LogP contribution >= 0.6 is 0 Å². The van der Waals surface area contributed by atoms with Crippen molar-refractivity contribution in [2.24, 2.45) is 5.10 Å². The molecule has 0 aromatic carbocycles. The van der Waals surface area contributed by atoms with E-state index in [1.54, 1.807) is 0 Å². The first kappa shape index (κ1) is 9.82. The van der Waals surface area contributed by atoms with Gasteiger partial charge in [-0.05, 0) is 0 Å². The highest BCUT2D eigenvalue weighted by Crippen LogP contribution is 2.25. The highest BCUT2D eigenvalue weighted by molar-refractivity contribution is 6.36. The molecule has 1 N–H and O–H groups in total. The maximum Gasteiger partial charge on any atom is 0.410 e. The average molecular weight is 196 g/mol. The molecular weight excluding hydrogens is 189 g/mol. The molecule has 0 aliphatic carbocycles. The predicted molar refractivity (Wildman–Crippen MR) is 37.0 cm³/mol. The van der Waals surface area contributed by atoms with E-state index in [0.29, 0.717) is 0 Å². The number of halogens is 3. The van der Waals surface area contributed by atoms with Crippen molar-refractivity contribution in [2.45, 2.75) is 18.6 Å². The number of hydrogen-bond donors (Lipinski definition) is 1. The first-order valence-electron chi connectivity index (χ1n) is 3.42. The number of carbonyl (C=O) groups is 1. The number of esters is 1. The lowest BCUT2D eigenvalue weighted by Gasteiger charge is -2.12. The van der Waals surface area contributed by atoms with E-state index in [1.807, 2.05) is 5.43 Å². The van der Waals surface area contributed by atoms with Crippen LogP contribution in [-0.2, 0) is 9.53 Å². The minimum absolute atomic E-state index is 0.232. The molecule has 0 saturated heterocycles. The lowest BCUT2D eigenvalue weighted by Crippen LogP contribution is -2.36. The zero-order valence-corrected chi connectivity index (χ0v) is 6.68. The molecule has 0 aromatic rings. The topological polar surface area (TPSA) is 50.7 Å². The number of carbonyl (C=O) groups excluding carboxylic acids is 1. The molecule has 0 bridgehead atoms. The van der Waals surface area contributed by atoms with Crippen molar-refractivity contribution < 1.29 is 22.7 Å². The molecule has 0 radical (unpaired) electrons. The van der Waals surface area contributed by atoms with Gasteiger partial charge in [0.25, 0.3) is 0 Å². The summed E-state index contributed by atoms with van der Waals surface area (Å²) in [7, 11) is 1.09. The summed E-state index contributed by atoms with van der Waals surface area (Å²) < 4.78 is 40.3. The number of methoxy groups -OCH3 is 1. The summed E-state index contributed by atoms with van der Waals surface area (Å²) in [5, 5.41) is 3.23. The van der Waals surface area contributed by atoms with Gasteiger partial charge in [-0.3, -0.25) is 5.43 Å². The molecule has 0 spiro atoms. The van der Waals surface area contributed by atoms with Gasteiger partial charge in [0.15, 0.2) is 0 Å². The van der Waals surface area contributed by atoms with Crippen molar-refractivity contribution >= 4 is 11.7 Å². The third-order valence-corrected chi connectivity index (χ3v) is 1.57. The van der Waals surface area contributed by atoms with Gasteiger partial charge in [0.1, 0.15) is 11.8 Å². The number of rotatable bonds is 1. The summed E-state index contributed by atoms with van der Waals surface area (Å²) in [5.41, 5.74) is 1.59. The lowest BCUT2D eigenvalue weighted by atomic mass is 10.1.